The summed E-state index contributed by atoms with van der Waals surface area (Å²) in [6, 6.07) is 9.23. The highest BCUT2D eigenvalue weighted by Gasteiger charge is 2.07. The Balaban J connectivity index is 1.86. The number of thiophene rings is 1. The summed E-state index contributed by atoms with van der Waals surface area (Å²) in [5.41, 5.74) is 2.76. The number of amides is 1. The fourth-order valence-corrected chi connectivity index (χ4v) is 3.37. The number of nitrogens with one attached hydrogen (secondary N) is 2. The second kappa shape index (κ2) is 7.72. The summed E-state index contributed by atoms with van der Waals surface area (Å²) in [6.45, 7) is 2.90. The van der Waals surface area contributed by atoms with Crippen LogP contribution in [0.5, 0.6) is 0 Å². The third-order valence-electron chi connectivity index (χ3n) is 3.37. The Morgan fingerprint density at radius 1 is 1.17 bits per heavy atom. The van der Waals surface area contributed by atoms with Crippen molar-refractivity contribution in [3.05, 3.63) is 57.3 Å². The van der Waals surface area contributed by atoms with Crippen LogP contribution in [0.2, 0.25) is 0 Å². The average Bonchev–Trinajstić information content (AvgIpc) is 2.89. The molecule has 0 fully saturated rings. The van der Waals surface area contributed by atoms with Gasteiger partial charge >= 0.3 is 0 Å². The van der Waals surface area contributed by atoms with Gasteiger partial charge in [-0.15, -0.1) is 11.3 Å². The lowest BCUT2D eigenvalue weighted by Crippen LogP contribution is -2.24. The van der Waals surface area contributed by atoms with Crippen molar-refractivity contribution in [3.8, 4) is 0 Å². The molecule has 0 atom stereocenters. The molecule has 0 unspecified atom stereocenters. The average molecular weight is 352 g/mol. The van der Waals surface area contributed by atoms with Gasteiger partial charge in [0.1, 0.15) is 0 Å². The van der Waals surface area contributed by atoms with Crippen LogP contribution in [-0.4, -0.2) is 27.1 Å². The summed E-state index contributed by atoms with van der Waals surface area (Å²) in [5.74, 6) is -0.112. The van der Waals surface area contributed by atoms with Crippen LogP contribution in [0.1, 0.15) is 26.4 Å². The van der Waals surface area contributed by atoms with Crippen molar-refractivity contribution in [1.82, 2.24) is 10.0 Å². The minimum atomic E-state index is -3.16. The van der Waals surface area contributed by atoms with Gasteiger partial charge in [-0.25, -0.2) is 13.1 Å². The van der Waals surface area contributed by atoms with Crippen LogP contribution in [0.4, 0.5) is 0 Å². The first-order valence-electron chi connectivity index (χ1n) is 7.20. The van der Waals surface area contributed by atoms with Crippen molar-refractivity contribution < 1.29 is 13.2 Å². The van der Waals surface area contributed by atoms with E-state index >= 15 is 0 Å². The maximum atomic E-state index is 12.1. The van der Waals surface area contributed by atoms with Crippen LogP contribution < -0.4 is 10.0 Å². The van der Waals surface area contributed by atoms with E-state index in [-0.39, 0.29) is 5.91 Å². The Bertz CT molecular complexity index is 765. The van der Waals surface area contributed by atoms with E-state index in [4.69, 9.17) is 0 Å². The second-order valence-corrected chi connectivity index (χ2v) is 8.16. The van der Waals surface area contributed by atoms with E-state index in [1.807, 2.05) is 30.5 Å². The number of sulfonamides is 1. The quantitative estimate of drug-likeness (QED) is 0.801. The molecule has 23 heavy (non-hydrogen) atoms. The summed E-state index contributed by atoms with van der Waals surface area (Å²) in [4.78, 5) is 13.3. The molecule has 0 spiro atoms. The van der Waals surface area contributed by atoms with E-state index in [9.17, 15) is 13.2 Å². The maximum absolute atomic E-state index is 12.1. The standard InChI is InChI=1S/C16H20N2O3S2/c1-12-8-10-22-15(12)11-17-16(19)14-5-3-13(4-6-14)7-9-18-23(2,20)21/h3-6,8,10,18H,7,9,11H2,1-2H3,(H,17,19). The number of carbonyl (C=O) groups excluding carboxylic acids is 1. The minimum Gasteiger partial charge on any atom is -0.347 e. The first-order valence-corrected chi connectivity index (χ1v) is 9.97. The molecule has 2 rings (SSSR count). The van der Waals surface area contributed by atoms with Crippen LogP contribution in [0.25, 0.3) is 0 Å². The molecule has 1 heterocycles. The molecule has 0 saturated heterocycles. The molecule has 1 aromatic heterocycles. The predicted molar refractivity (Wildman–Crippen MR) is 93.2 cm³/mol. The third kappa shape index (κ3) is 5.78. The van der Waals surface area contributed by atoms with Gasteiger partial charge in [0, 0.05) is 17.0 Å². The molecular weight excluding hydrogens is 332 g/mol. The summed E-state index contributed by atoms with van der Waals surface area (Å²) < 4.78 is 24.4. The summed E-state index contributed by atoms with van der Waals surface area (Å²) in [5, 5.41) is 4.91. The molecule has 0 radical (unpaired) electrons. The molecule has 0 aliphatic carbocycles. The van der Waals surface area contributed by atoms with Crippen molar-refractivity contribution in [2.45, 2.75) is 19.9 Å². The first-order chi connectivity index (χ1) is 10.8. The molecule has 1 amide bonds. The van der Waals surface area contributed by atoms with E-state index in [0.29, 0.717) is 25.1 Å². The molecule has 7 heteroatoms. The summed E-state index contributed by atoms with van der Waals surface area (Å²) in [6.07, 6.45) is 1.72. The van der Waals surface area contributed by atoms with Crippen molar-refractivity contribution >= 4 is 27.3 Å². The van der Waals surface area contributed by atoms with Gasteiger partial charge in [-0.2, -0.15) is 0 Å². The van der Waals surface area contributed by atoms with Crippen LogP contribution in [0.15, 0.2) is 35.7 Å². The van der Waals surface area contributed by atoms with Crippen LogP contribution >= 0.6 is 11.3 Å². The SMILES string of the molecule is Cc1ccsc1CNC(=O)c1ccc(CCNS(C)(=O)=O)cc1. The van der Waals surface area contributed by atoms with Crippen molar-refractivity contribution in [2.75, 3.05) is 12.8 Å². The zero-order valence-electron chi connectivity index (χ0n) is 13.1. The van der Waals surface area contributed by atoms with Gasteiger partial charge in [-0.05, 0) is 48.1 Å². The Morgan fingerprint density at radius 3 is 2.43 bits per heavy atom. The highest BCUT2D eigenvalue weighted by atomic mass is 32.2. The molecule has 2 aromatic rings. The van der Waals surface area contributed by atoms with E-state index in [1.165, 1.54) is 5.56 Å². The molecule has 5 nitrogen and oxygen atoms in total. The van der Waals surface area contributed by atoms with Gasteiger partial charge in [-0.1, -0.05) is 12.1 Å². The van der Waals surface area contributed by atoms with Crippen LogP contribution in [-0.2, 0) is 23.0 Å². The molecule has 0 saturated carbocycles. The molecule has 0 aliphatic rings. The zero-order chi connectivity index (χ0) is 16.9. The predicted octanol–water partition coefficient (Wildman–Crippen LogP) is 2.08. The maximum Gasteiger partial charge on any atom is 0.251 e. The first kappa shape index (κ1) is 17.7. The van der Waals surface area contributed by atoms with E-state index in [1.54, 1.807) is 23.5 Å². The smallest absolute Gasteiger partial charge is 0.251 e. The fourth-order valence-electron chi connectivity index (χ4n) is 2.05. The third-order valence-corrected chi connectivity index (χ3v) is 5.12. The molecular formula is C16H20N2O3S2. The second-order valence-electron chi connectivity index (χ2n) is 5.32. The molecule has 2 N–H and O–H groups in total. The van der Waals surface area contributed by atoms with Gasteiger partial charge in [0.05, 0.1) is 12.8 Å². The lowest BCUT2D eigenvalue weighted by atomic mass is 10.1. The monoisotopic (exact) mass is 352 g/mol. The van der Waals surface area contributed by atoms with Gasteiger partial charge in [0.25, 0.3) is 5.91 Å². The highest BCUT2D eigenvalue weighted by molar-refractivity contribution is 7.88. The molecule has 124 valence electrons. The molecule has 0 aliphatic heterocycles. The van der Waals surface area contributed by atoms with Crippen molar-refractivity contribution in [3.63, 3.8) is 0 Å². The highest BCUT2D eigenvalue weighted by Crippen LogP contribution is 2.15. The van der Waals surface area contributed by atoms with Gasteiger partial charge in [-0.3, -0.25) is 4.79 Å². The normalized spacial score (nSPS) is 11.4. The number of carbonyl (C=O) groups is 1. The number of hydrogen-bond donors (Lipinski definition) is 2. The number of hydrogen-bond acceptors (Lipinski definition) is 4. The van der Waals surface area contributed by atoms with E-state index in [0.717, 1.165) is 16.7 Å². The number of aryl methyl sites for hydroxylation is 1. The zero-order valence-corrected chi connectivity index (χ0v) is 14.8. The molecule has 0 bridgehead atoms. The number of rotatable bonds is 7. The van der Waals surface area contributed by atoms with Gasteiger partial charge < -0.3 is 5.32 Å². The van der Waals surface area contributed by atoms with Gasteiger partial charge in [0.2, 0.25) is 10.0 Å². The molecule has 1 aromatic carbocycles. The number of benzene rings is 1. The summed E-state index contributed by atoms with van der Waals surface area (Å²) >= 11 is 1.63. The minimum absolute atomic E-state index is 0.112. The van der Waals surface area contributed by atoms with Crippen molar-refractivity contribution in [1.29, 1.82) is 0 Å². The van der Waals surface area contributed by atoms with E-state index in [2.05, 4.69) is 10.0 Å². The van der Waals surface area contributed by atoms with Crippen LogP contribution in [0.3, 0.4) is 0 Å². The lowest BCUT2D eigenvalue weighted by Gasteiger charge is -2.06. The Labute approximate surface area is 140 Å². The Hall–Kier alpha value is -1.70. The van der Waals surface area contributed by atoms with Crippen LogP contribution in [0, 0.1) is 6.92 Å². The topological polar surface area (TPSA) is 75.3 Å². The lowest BCUT2D eigenvalue weighted by molar-refractivity contribution is 0.0951. The van der Waals surface area contributed by atoms with Gasteiger partial charge in [0.15, 0.2) is 0 Å². The summed E-state index contributed by atoms with van der Waals surface area (Å²) in [7, 11) is -3.16. The van der Waals surface area contributed by atoms with Crippen molar-refractivity contribution in [2.24, 2.45) is 0 Å². The Kier molecular flexibility index (Phi) is 5.92. The largest absolute Gasteiger partial charge is 0.347 e. The Morgan fingerprint density at radius 2 is 1.87 bits per heavy atom. The fraction of sp³-hybridized carbons (Fsp3) is 0.312. The van der Waals surface area contributed by atoms with E-state index < -0.39 is 10.0 Å².